The van der Waals surface area contributed by atoms with Gasteiger partial charge in [0.15, 0.2) is 0 Å². The number of methoxy groups -OCH3 is 2. The lowest BCUT2D eigenvalue weighted by Gasteiger charge is -2.10. The zero-order valence-corrected chi connectivity index (χ0v) is 10.5. The van der Waals surface area contributed by atoms with Crippen LogP contribution in [0.1, 0.15) is 21.7 Å². The quantitative estimate of drug-likeness (QED) is 0.778. The number of carbonyl (C=O) groups excluding carboxylic acids is 1. The summed E-state index contributed by atoms with van der Waals surface area (Å²) in [6.07, 6.45) is 1.43. The molecule has 0 unspecified atom stereocenters. The second kappa shape index (κ2) is 4.96. The van der Waals surface area contributed by atoms with Crippen LogP contribution >= 0.6 is 0 Å². The van der Waals surface area contributed by atoms with E-state index in [2.05, 4.69) is 0 Å². The summed E-state index contributed by atoms with van der Waals surface area (Å²) >= 11 is 0. The molecule has 18 heavy (non-hydrogen) atoms. The topological polar surface area (TPSA) is 48.7 Å². The van der Waals surface area contributed by atoms with E-state index in [0.717, 1.165) is 0 Å². The molecule has 0 aliphatic rings. The van der Waals surface area contributed by atoms with Gasteiger partial charge in [-0.1, -0.05) is 6.07 Å². The van der Waals surface area contributed by atoms with Crippen molar-refractivity contribution in [2.24, 2.45) is 0 Å². The van der Waals surface area contributed by atoms with E-state index in [4.69, 9.17) is 13.9 Å². The van der Waals surface area contributed by atoms with Crippen molar-refractivity contribution in [2.75, 3.05) is 14.2 Å². The molecule has 0 saturated carbocycles. The fourth-order valence-electron chi connectivity index (χ4n) is 1.78. The minimum Gasteiger partial charge on any atom is -0.496 e. The minimum atomic E-state index is -0.179. The summed E-state index contributed by atoms with van der Waals surface area (Å²) in [5.41, 5.74) is 0.888. The summed E-state index contributed by atoms with van der Waals surface area (Å²) in [6, 6.07) is 6.91. The van der Waals surface area contributed by atoms with Crippen molar-refractivity contribution in [3.8, 4) is 11.5 Å². The van der Waals surface area contributed by atoms with Crippen molar-refractivity contribution >= 4 is 5.78 Å². The Bertz CT molecular complexity index is 547. The lowest BCUT2D eigenvalue weighted by molar-refractivity contribution is 0.103. The molecule has 0 fully saturated rings. The molecule has 0 bridgehead atoms. The van der Waals surface area contributed by atoms with Crippen LogP contribution in [0.4, 0.5) is 0 Å². The number of benzene rings is 1. The number of carbonyl (C=O) groups is 1. The average molecular weight is 246 g/mol. The van der Waals surface area contributed by atoms with Crippen LogP contribution in [0, 0.1) is 6.92 Å². The fraction of sp³-hybridized carbons (Fsp3) is 0.214. The maximum atomic E-state index is 12.4. The molecule has 0 radical (unpaired) electrons. The molecule has 94 valence electrons. The molecular weight excluding hydrogens is 232 g/mol. The first-order chi connectivity index (χ1) is 8.67. The van der Waals surface area contributed by atoms with E-state index in [1.54, 1.807) is 31.2 Å². The Morgan fingerprint density at radius 1 is 1.17 bits per heavy atom. The molecule has 1 aromatic heterocycles. The molecule has 2 aromatic rings. The Morgan fingerprint density at radius 3 is 2.22 bits per heavy atom. The van der Waals surface area contributed by atoms with Gasteiger partial charge in [0.1, 0.15) is 29.1 Å². The van der Waals surface area contributed by atoms with Crippen molar-refractivity contribution in [1.82, 2.24) is 0 Å². The SMILES string of the molecule is COc1cccc(OC)c1C(=O)c1coc(C)c1. The average Bonchev–Trinajstić information content (AvgIpc) is 2.83. The van der Waals surface area contributed by atoms with Crippen molar-refractivity contribution in [3.05, 3.63) is 47.4 Å². The number of furan rings is 1. The summed E-state index contributed by atoms with van der Waals surface area (Å²) < 4.78 is 15.6. The van der Waals surface area contributed by atoms with Gasteiger partial charge in [-0.3, -0.25) is 4.79 Å². The van der Waals surface area contributed by atoms with E-state index in [0.29, 0.717) is 28.4 Å². The summed E-state index contributed by atoms with van der Waals surface area (Å²) in [5.74, 6) is 1.48. The molecule has 0 atom stereocenters. The van der Waals surface area contributed by atoms with Gasteiger partial charge >= 0.3 is 0 Å². The summed E-state index contributed by atoms with van der Waals surface area (Å²) in [6.45, 7) is 1.79. The van der Waals surface area contributed by atoms with Gasteiger partial charge in [0, 0.05) is 0 Å². The Kier molecular flexibility index (Phi) is 3.37. The van der Waals surface area contributed by atoms with Crippen LogP contribution in [0.3, 0.4) is 0 Å². The normalized spacial score (nSPS) is 10.2. The summed E-state index contributed by atoms with van der Waals surface area (Å²) in [4.78, 5) is 12.4. The Balaban J connectivity index is 2.52. The van der Waals surface area contributed by atoms with Crippen LogP contribution in [0.2, 0.25) is 0 Å². The van der Waals surface area contributed by atoms with Crippen LogP contribution < -0.4 is 9.47 Å². The van der Waals surface area contributed by atoms with Gasteiger partial charge in [0.2, 0.25) is 5.78 Å². The molecule has 4 heteroatoms. The number of hydrogen-bond donors (Lipinski definition) is 0. The van der Waals surface area contributed by atoms with E-state index in [1.165, 1.54) is 20.5 Å². The second-order valence-corrected chi connectivity index (χ2v) is 3.81. The van der Waals surface area contributed by atoms with Crippen molar-refractivity contribution in [3.63, 3.8) is 0 Å². The first kappa shape index (κ1) is 12.2. The van der Waals surface area contributed by atoms with Gasteiger partial charge in [-0.25, -0.2) is 0 Å². The number of rotatable bonds is 4. The van der Waals surface area contributed by atoms with E-state index in [9.17, 15) is 4.79 Å². The maximum absolute atomic E-state index is 12.4. The number of ketones is 1. The highest BCUT2D eigenvalue weighted by Crippen LogP contribution is 2.30. The summed E-state index contributed by atoms with van der Waals surface area (Å²) in [7, 11) is 3.04. The molecule has 0 spiro atoms. The van der Waals surface area contributed by atoms with Crippen molar-refractivity contribution in [1.29, 1.82) is 0 Å². The first-order valence-corrected chi connectivity index (χ1v) is 5.48. The van der Waals surface area contributed by atoms with Crippen LogP contribution in [-0.2, 0) is 0 Å². The van der Waals surface area contributed by atoms with Gasteiger partial charge in [-0.2, -0.15) is 0 Å². The zero-order chi connectivity index (χ0) is 13.1. The zero-order valence-electron chi connectivity index (χ0n) is 10.5. The number of aryl methyl sites for hydroxylation is 1. The van der Waals surface area contributed by atoms with Gasteiger partial charge in [-0.15, -0.1) is 0 Å². The molecule has 0 N–H and O–H groups in total. The molecule has 2 rings (SSSR count). The highest BCUT2D eigenvalue weighted by molar-refractivity contribution is 6.12. The summed E-state index contributed by atoms with van der Waals surface area (Å²) in [5, 5.41) is 0. The number of hydrogen-bond acceptors (Lipinski definition) is 4. The Morgan fingerprint density at radius 2 is 1.78 bits per heavy atom. The highest BCUT2D eigenvalue weighted by atomic mass is 16.5. The molecule has 4 nitrogen and oxygen atoms in total. The van der Waals surface area contributed by atoms with E-state index in [1.807, 2.05) is 0 Å². The molecular formula is C14H14O4. The third kappa shape index (κ3) is 2.09. The van der Waals surface area contributed by atoms with Crippen molar-refractivity contribution in [2.45, 2.75) is 6.92 Å². The van der Waals surface area contributed by atoms with Gasteiger partial charge in [0.05, 0.1) is 19.8 Å². The monoisotopic (exact) mass is 246 g/mol. The largest absolute Gasteiger partial charge is 0.496 e. The standard InChI is InChI=1S/C14H14O4/c1-9-7-10(8-18-9)14(15)13-11(16-2)5-4-6-12(13)17-3/h4-8H,1-3H3. The van der Waals surface area contributed by atoms with Gasteiger partial charge in [0.25, 0.3) is 0 Å². The molecule has 0 aliphatic heterocycles. The third-order valence-corrected chi connectivity index (χ3v) is 2.65. The molecule has 0 aliphatic carbocycles. The predicted octanol–water partition coefficient (Wildman–Crippen LogP) is 2.84. The minimum absolute atomic E-state index is 0.179. The van der Waals surface area contributed by atoms with E-state index in [-0.39, 0.29) is 5.78 Å². The highest BCUT2D eigenvalue weighted by Gasteiger charge is 2.20. The predicted molar refractivity (Wildman–Crippen MR) is 66.4 cm³/mol. The third-order valence-electron chi connectivity index (χ3n) is 2.65. The Hall–Kier alpha value is -2.23. The van der Waals surface area contributed by atoms with Gasteiger partial charge < -0.3 is 13.9 Å². The second-order valence-electron chi connectivity index (χ2n) is 3.81. The number of ether oxygens (including phenoxy) is 2. The van der Waals surface area contributed by atoms with Gasteiger partial charge in [-0.05, 0) is 25.1 Å². The molecule has 1 aromatic carbocycles. The van der Waals surface area contributed by atoms with E-state index < -0.39 is 0 Å². The molecule has 0 amide bonds. The van der Waals surface area contributed by atoms with Crippen LogP contribution in [0.25, 0.3) is 0 Å². The Labute approximate surface area is 105 Å². The van der Waals surface area contributed by atoms with Crippen LogP contribution in [0.5, 0.6) is 11.5 Å². The lowest BCUT2D eigenvalue weighted by atomic mass is 10.0. The molecule has 0 saturated heterocycles. The lowest BCUT2D eigenvalue weighted by Crippen LogP contribution is -2.05. The maximum Gasteiger partial charge on any atom is 0.203 e. The molecule has 1 heterocycles. The van der Waals surface area contributed by atoms with Crippen LogP contribution in [-0.4, -0.2) is 20.0 Å². The van der Waals surface area contributed by atoms with Crippen LogP contribution in [0.15, 0.2) is 34.9 Å². The van der Waals surface area contributed by atoms with E-state index >= 15 is 0 Å². The smallest absolute Gasteiger partial charge is 0.203 e. The fourth-order valence-corrected chi connectivity index (χ4v) is 1.78. The first-order valence-electron chi connectivity index (χ1n) is 5.48. The van der Waals surface area contributed by atoms with Crippen molar-refractivity contribution < 1.29 is 18.7 Å².